The Hall–Kier alpha value is -1.67. The summed E-state index contributed by atoms with van der Waals surface area (Å²) in [5.74, 6) is -1.31. The second-order valence-electron chi connectivity index (χ2n) is 12.1. The van der Waals surface area contributed by atoms with E-state index in [-0.39, 0.29) is 18.7 Å². The molecule has 0 aromatic carbocycles. The van der Waals surface area contributed by atoms with Gasteiger partial charge in [-0.25, -0.2) is 4.79 Å². The van der Waals surface area contributed by atoms with E-state index in [1.807, 2.05) is 13.8 Å². The van der Waals surface area contributed by atoms with Gasteiger partial charge in [0.25, 0.3) is 10.1 Å². The molecule has 0 aromatic rings. The summed E-state index contributed by atoms with van der Waals surface area (Å²) < 4.78 is 40.2. The number of hydrogen-bond donors (Lipinski definition) is 1. The number of carbonyl (C=O) groups is 2. The average molecular weight is 629 g/mol. The molecule has 0 heterocycles. The van der Waals surface area contributed by atoms with Crippen molar-refractivity contribution in [1.82, 2.24) is 0 Å². The van der Waals surface area contributed by atoms with Gasteiger partial charge in [-0.1, -0.05) is 108 Å². The molecule has 0 bridgehead atoms. The first-order chi connectivity index (χ1) is 20.6. The Bertz CT molecular complexity index is 848. The topological polar surface area (TPSA) is 107 Å². The third-order valence-electron chi connectivity index (χ3n) is 7.61. The van der Waals surface area contributed by atoms with E-state index in [1.54, 1.807) is 0 Å². The summed E-state index contributed by atoms with van der Waals surface area (Å²) in [5, 5.41) is 0. The van der Waals surface area contributed by atoms with Gasteiger partial charge in [-0.3, -0.25) is 9.35 Å². The van der Waals surface area contributed by atoms with E-state index in [9.17, 15) is 18.0 Å². The number of allylic oxidation sites excluding steroid dienone is 3. The van der Waals surface area contributed by atoms with Gasteiger partial charge in [-0.05, 0) is 71.6 Å². The first-order valence-electron chi connectivity index (χ1n) is 17.3. The van der Waals surface area contributed by atoms with E-state index in [0.717, 1.165) is 50.5 Å². The third-order valence-corrected chi connectivity index (χ3v) is 8.29. The van der Waals surface area contributed by atoms with Gasteiger partial charge in [-0.15, -0.1) is 0 Å². The number of carbonyl (C=O) groups excluding carboxylic acids is 2. The van der Waals surface area contributed by atoms with Crippen LogP contribution in [0, 0.1) is 0 Å². The van der Waals surface area contributed by atoms with Crippen LogP contribution < -0.4 is 0 Å². The molecular formula is C35H64O7S. The molecule has 0 aliphatic heterocycles. The van der Waals surface area contributed by atoms with Crippen LogP contribution in [-0.2, 0) is 29.2 Å². The van der Waals surface area contributed by atoms with Crippen molar-refractivity contribution in [3.63, 3.8) is 0 Å². The second-order valence-corrected chi connectivity index (χ2v) is 13.7. The number of rotatable bonds is 30. The zero-order valence-corrected chi connectivity index (χ0v) is 28.6. The van der Waals surface area contributed by atoms with Gasteiger partial charge in [-0.2, -0.15) is 8.42 Å². The van der Waals surface area contributed by atoms with E-state index in [0.29, 0.717) is 6.42 Å². The van der Waals surface area contributed by atoms with Crippen LogP contribution in [0.2, 0.25) is 0 Å². The molecule has 0 fully saturated rings. The molecule has 252 valence electrons. The van der Waals surface area contributed by atoms with Gasteiger partial charge < -0.3 is 9.47 Å². The Morgan fingerprint density at radius 1 is 0.721 bits per heavy atom. The third kappa shape index (κ3) is 33.1. The minimum Gasteiger partial charge on any atom is -0.463 e. The highest BCUT2D eigenvalue weighted by Gasteiger charge is 2.10. The Kier molecular flexibility index (Phi) is 27.9. The second kappa shape index (κ2) is 29.1. The predicted molar refractivity (Wildman–Crippen MR) is 178 cm³/mol. The molecule has 0 amide bonds. The molecule has 0 rings (SSSR count). The highest BCUT2D eigenvalue weighted by Crippen LogP contribution is 2.15. The van der Waals surface area contributed by atoms with E-state index >= 15 is 0 Å². The monoisotopic (exact) mass is 628 g/mol. The number of esters is 2. The molecule has 7 nitrogen and oxygen atoms in total. The van der Waals surface area contributed by atoms with E-state index in [1.165, 1.54) is 102 Å². The van der Waals surface area contributed by atoms with Gasteiger partial charge in [0, 0.05) is 12.5 Å². The fourth-order valence-electron chi connectivity index (χ4n) is 4.96. The molecule has 0 saturated heterocycles. The quantitative estimate of drug-likeness (QED) is 0.0277. The lowest BCUT2D eigenvalue weighted by Gasteiger charge is -2.13. The van der Waals surface area contributed by atoms with Crippen molar-refractivity contribution >= 4 is 22.1 Å². The summed E-state index contributed by atoms with van der Waals surface area (Å²) in [7, 11) is -4.13. The first kappa shape index (κ1) is 41.3. The predicted octanol–water partition coefficient (Wildman–Crippen LogP) is 9.84. The zero-order valence-electron chi connectivity index (χ0n) is 27.8. The van der Waals surface area contributed by atoms with Crippen LogP contribution in [0.25, 0.3) is 0 Å². The number of unbranched alkanes of at least 4 members (excludes halogenated alkanes) is 17. The molecule has 0 saturated carbocycles. The van der Waals surface area contributed by atoms with Gasteiger partial charge >= 0.3 is 11.9 Å². The fourth-order valence-corrected chi connectivity index (χ4v) is 5.26. The van der Waals surface area contributed by atoms with Gasteiger partial charge in [0.15, 0.2) is 0 Å². The highest BCUT2D eigenvalue weighted by molar-refractivity contribution is 7.85. The van der Waals surface area contributed by atoms with Crippen molar-refractivity contribution in [2.45, 2.75) is 175 Å². The van der Waals surface area contributed by atoms with Crippen molar-refractivity contribution in [2.75, 3.05) is 12.4 Å². The van der Waals surface area contributed by atoms with Crippen molar-refractivity contribution in [1.29, 1.82) is 0 Å². The van der Waals surface area contributed by atoms with Crippen LogP contribution >= 0.6 is 0 Å². The molecular weight excluding hydrogens is 564 g/mol. The van der Waals surface area contributed by atoms with Crippen molar-refractivity contribution in [2.24, 2.45) is 0 Å². The van der Waals surface area contributed by atoms with Gasteiger partial charge in [0.2, 0.25) is 0 Å². The zero-order chi connectivity index (χ0) is 32.0. The van der Waals surface area contributed by atoms with Crippen molar-refractivity contribution in [3.05, 3.63) is 23.8 Å². The van der Waals surface area contributed by atoms with Crippen LogP contribution in [-0.4, -0.2) is 43.4 Å². The maximum Gasteiger partial charge on any atom is 0.330 e. The summed E-state index contributed by atoms with van der Waals surface area (Å²) in [5.41, 5.74) is 0.856. The van der Waals surface area contributed by atoms with Crippen LogP contribution in [0.5, 0.6) is 0 Å². The summed E-state index contributed by atoms with van der Waals surface area (Å²) in [6, 6.07) is 0. The first-order valence-corrected chi connectivity index (χ1v) is 18.9. The van der Waals surface area contributed by atoms with E-state index in [2.05, 4.69) is 19.1 Å². The molecule has 43 heavy (non-hydrogen) atoms. The standard InChI is InChI=1S/C35H64O7S/c1-4-5-6-7-8-9-10-11-12-13-14-15-16-17-18-19-20-21-25-28-34(36)42-33(3)27-24-22-23-26-32(2)31-35(37)41-29-30-43(38,39)40/h9-10,31,33H,4-8,11-30H2,1-3H3,(H,38,39,40)/b10-9-,32-31-/t33-/m1/s1. The SMILES string of the molecule is CCCCCC/C=C\CCCCCCCCCCCCCC(=O)O[C@H](C)CCCCC/C(C)=C\C(=O)OCCS(=O)(=O)O. The van der Waals surface area contributed by atoms with Crippen LogP contribution in [0.4, 0.5) is 0 Å². The minimum absolute atomic E-state index is 0.0845. The summed E-state index contributed by atoms with van der Waals surface area (Å²) in [4.78, 5) is 23.8. The summed E-state index contributed by atoms with van der Waals surface area (Å²) in [6.45, 7) is 5.67. The highest BCUT2D eigenvalue weighted by atomic mass is 32.2. The van der Waals surface area contributed by atoms with Crippen molar-refractivity contribution in [3.8, 4) is 0 Å². The fraction of sp³-hybridized carbons (Fsp3) is 0.829. The van der Waals surface area contributed by atoms with Crippen LogP contribution in [0.15, 0.2) is 23.8 Å². The van der Waals surface area contributed by atoms with E-state index < -0.39 is 21.8 Å². The molecule has 0 unspecified atom stereocenters. The summed E-state index contributed by atoms with van der Waals surface area (Å²) >= 11 is 0. The van der Waals surface area contributed by atoms with Gasteiger partial charge in [0.1, 0.15) is 12.4 Å². The average Bonchev–Trinajstić information content (AvgIpc) is 2.93. The van der Waals surface area contributed by atoms with Crippen LogP contribution in [0.3, 0.4) is 0 Å². The largest absolute Gasteiger partial charge is 0.463 e. The molecule has 1 N–H and O–H groups in total. The number of hydrogen-bond acceptors (Lipinski definition) is 6. The summed E-state index contributed by atoms with van der Waals surface area (Å²) in [6.07, 6.45) is 32.7. The molecule has 1 atom stereocenters. The Morgan fingerprint density at radius 2 is 1.21 bits per heavy atom. The Balaban J connectivity index is 3.53. The van der Waals surface area contributed by atoms with Crippen LogP contribution in [0.1, 0.15) is 168 Å². The lowest BCUT2D eigenvalue weighted by atomic mass is 10.0. The van der Waals surface area contributed by atoms with E-state index in [4.69, 9.17) is 14.0 Å². The van der Waals surface area contributed by atoms with Crippen molar-refractivity contribution < 1.29 is 32.0 Å². The normalized spacial score (nSPS) is 13.0. The van der Waals surface area contributed by atoms with Gasteiger partial charge in [0.05, 0.1) is 6.10 Å². The molecule has 0 radical (unpaired) electrons. The Labute approximate surface area is 264 Å². The molecule has 0 aromatic heterocycles. The lowest BCUT2D eigenvalue weighted by Crippen LogP contribution is -2.14. The molecule has 0 aliphatic rings. The molecule has 0 spiro atoms. The maximum atomic E-state index is 12.1. The molecule has 8 heteroatoms. The minimum atomic E-state index is -4.13. The molecule has 0 aliphatic carbocycles. The number of ether oxygens (including phenoxy) is 2. The Morgan fingerprint density at radius 3 is 1.77 bits per heavy atom. The maximum absolute atomic E-state index is 12.1. The lowest BCUT2D eigenvalue weighted by molar-refractivity contribution is -0.148. The smallest absolute Gasteiger partial charge is 0.330 e.